The van der Waals surface area contributed by atoms with Crippen molar-refractivity contribution in [3.05, 3.63) is 12.2 Å². The summed E-state index contributed by atoms with van der Waals surface area (Å²) >= 11 is 0. The van der Waals surface area contributed by atoms with E-state index in [1.54, 1.807) is 0 Å². The fourth-order valence-electron chi connectivity index (χ4n) is 0.136. The lowest BCUT2D eigenvalue weighted by Gasteiger charge is -1.64. The van der Waals surface area contributed by atoms with Crippen LogP contribution >= 0.6 is 0 Å². The van der Waals surface area contributed by atoms with Crippen LogP contribution in [0.15, 0.2) is 12.2 Å². The minimum absolute atomic E-state index is 0.663. The van der Waals surface area contributed by atoms with Crippen LogP contribution in [0.2, 0.25) is 6.32 Å². The first kappa shape index (κ1) is 4.80. The van der Waals surface area contributed by atoms with Crippen molar-refractivity contribution >= 4 is 7.85 Å². The van der Waals surface area contributed by atoms with E-state index in [4.69, 9.17) is 7.85 Å². The summed E-state index contributed by atoms with van der Waals surface area (Å²) in [6.07, 6.45) is 4.50. The maximum Gasteiger partial charge on any atom is 0.0708 e. The highest BCUT2D eigenvalue weighted by molar-refractivity contribution is 6.09. The molecule has 0 unspecified atom stereocenters. The van der Waals surface area contributed by atoms with Crippen LogP contribution in [0.3, 0.4) is 0 Å². The van der Waals surface area contributed by atoms with Crippen molar-refractivity contribution in [1.82, 2.24) is 0 Å². The van der Waals surface area contributed by atoms with Crippen LogP contribution in [0.5, 0.6) is 0 Å². The third-order valence-corrected chi connectivity index (χ3v) is 0.372. The minimum atomic E-state index is 0.663. The molecule has 0 amide bonds. The zero-order valence-corrected chi connectivity index (χ0v) is 3.44. The second-order valence-electron chi connectivity index (χ2n) is 0.805. The Kier molecular flexibility index (Phi) is 3.66. The molecule has 5 heavy (non-hydrogen) atoms. The summed E-state index contributed by atoms with van der Waals surface area (Å²) in [5, 5.41) is 0. The van der Waals surface area contributed by atoms with Gasteiger partial charge in [-0.25, -0.2) is 0 Å². The van der Waals surface area contributed by atoms with Crippen LogP contribution in [0.25, 0.3) is 0 Å². The Morgan fingerprint density at radius 1 is 1.80 bits per heavy atom. The van der Waals surface area contributed by atoms with E-state index in [0.29, 0.717) is 6.32 Å². The molecule has 0 rings (SSSR count). The quantitative estimate of drug-likeness (QED) is 0.318. The largest absolute Gasteiger partial charge is 0.0974 e. The predicted molar refractivity (Wildman–Crippen MR) is 25.4 cm³/mol. The van der Waals surface area contributed by atoms with Crippen molar-refractivity contribution in [2.75, 3.05) is 0 Å². The monoisotopic (exact) mass is 66.1 g/mol. The molecule has 0 aromatic carbocycles. The van der Waals surface area contributed by atoms with Gasteiger partial charge < -0.3 is 0 Å². The maximum absolute atomic E-state index is 5.05. The molecule has 0 bridgehead atoms. The first-order valence-electron chi connectivity index (χ1n) is 1.73. The summed E-state index contributed by atoms with van der Waals surface area (Å²) in [5.74, 6) is 0. The zero-order valence-electron chi connectivity index (χ0n) is 3.44. The van der Waals surface area contributed by atoms with E-state index < -0.39 is 0 Å². The lowest BCUT2D eigenvalue weighted by Crippen LogP contribution is -1.51. The van der Waals surface area contributed by atoms with Gasteiger partial charge in [0.25, 0.3) is 0 Å². The van der Waals surface area contributed by atoms with Crippen molar-refractivity contribution in [3.8, 4) is 0 Å². The lowest BCUT2D eigenvalue weighted by atomic mass is 10.1. The molecule has 0 spiro atoms. The van der Waals surface area contributed by atoms with Crippen molar-refractivity contribution in [2.45, 2.75) is 13.2 Å². The molecule has 0 aliphatic heterocycles. The second kappa shape index (κ2) is 3.80. The average molecular weight is 65.9 g/mol. The van der Waals surface area contributed by atoms with E-state index in [1.807, 2.05) is 19.1 Å². The van der Waals surface area contributed by atoms with Gasteiger partial charge in [0.15, 0.2) is 0 Å². The molecule has 2 radical (unpaired) electrons. The molecule has 1 heteroatoms. The minimum Gasteiger partial charge on any atom is -0.0974 e. The van der Waals surface area contributed by atoms with Gasteiger partial charge in [0.1, 0.15) is 0 Å². The summed E-state index contributed by atoms with van der Waals surface area (Å²) in [7, 11) is 5.05. The predicted octanol–water partition coefficient (Wildman–Crippen LogP) is 1.15. The van der Waals surface area contributed by atoms with E-state index >= 15 is 0 Å². The topological polar surface area (TPSA) is 0 Å². The van der Waals surface area contributed by atoms with Crippen LogP contribution in [0.1, 0.15) is 6.92 Å². The molecular formula is C4H7B. The van der Waals surface area contributed by atoms with E-state index in [2.05, 4.69) is 0 Å². The van der Waals surface area contributed by atoms with Gasteiger partial charge in [0.2, 0.25) is 0 Å². The number of rotatable bonds is 1. The summed E-state index contributed by atoms with van der Waals surface area (Å²) in [6.45, 7) is 1.95. The van der Waals surface area contributed by atoms with Gasteiger partial charge >= 0.3 is 0 Å². The second-order valence-corrected chi connectivity index (χ2v) is 0.805. The first-order valence-corrected chi connectivity index (χ1v) is 1.73. The van der Waals surface area contributed by atoms with Crippen molar-refractivity contribution < 1.29 is 0 Å². The Morgan fingerprint density at radius 3 is 2.40 bits per heavy atom. The molecule has 0 heterocycles. The highest BCUT2D eigenvalue weighted by atomic mass is 13.5. The Hall–Kier alpha value is -0.195. The van der Waals surface area contributed by atoms with Crippen molar-refractivity contribution in [3.63, 3.8) is 0 Å². The van der Waals surface area contributed by atoms with Gasteiger partial charge in [0.05, 0.1) is 7.85 Å². The van der Waals surface area contributed by atoms with Crippen LogP contribution < -0.4 is 0 Å². The molecule has 0 nitrogen and oxygen atoms in total. The SMILES string of the molecule is [B]C/C=C/C. The summed E-state index contributed by atoms with van der Waals surface area (Å²) in [6, 6.07) is 0. The fourth-order valence-corrected chi connectivity index (χ4v) is 0.136. The molecule has 0 saturated heterocycles. The Balaban J connectivity index is 2.62. The lowest BCUT2D eigenvalue weighted by molar-refractivity contribution is 1.63. The molecule has 0 aliphatic rings. The van der Waals surface area contributed by atoms with Crippen molar-refractivity contribution in [2.24, 2.45) is 0 Å². The highest BCUT2D eigenvalue weighted by Gasteiger charge is 1.52. The first-order chi connectivity index (χ1) is 2.41. The number of hydrogen-bond donors (Lipinski definition) is 0. The highest BCUT2D eigenvalue weighted by Crippen LogP contribution is 1.70. The third-order valence-electron chi connectivity index (χ3n) is 0.372. The van der Waals surface area contributed by atoms with Crippen molar-refractivity contribution in [1.29, 1.82) is 0 Å². The third kappa shape index (κ3) is 3.80. The van der Waals surface area contributed by atoms with E-state index in [0.717, 1.165) is 0 Å². The van der Waals surface area contributed by atoms with Gasteiger partial charge in [-0.15, -0.1) is 0 Å². The molecule has 0 fully saturated rings. The fraction of sp³-hybridized carbons (Fsp3) is 0.500. The summed E-state index contributed by atoms with van der Waals surface area (Å²) < 4.78 is 0. The molecule has 0 aliphatic carbocycles. The van der Waals surface area contributed by atoms with Crippen LogP contribution in [-0.4, -0.2) is 7.85 Å². The normalized spacial score (nSPS) is 9.80. The van der Waals surface area contributed by atoms with Gasteiger partial charge in [0, 0.05) is 0 Å². The van der Waals surface area contributed by atoms with Gasteiger partial charge in [-0.2, -0.15) is 0 Å². The molecule has 0 aromatic rings. The van der Waals surface area contributed by atoms with Crippen LogP contribution in [-0.2, 0) is 0 Å². The molecule has 0 aromatic heterocycles. The van der Waals surface area contributed by atoms with Crippen LogP contribution in [0.4, 0.5) is 0 Å². The molecule has 26 valence electrons. The van der Waals surface area contributed by atoms with Crippen LogP contribution in [0, 0.1) is 0 Å². The summed E-state index contributed by atoms with van der Waals surface area (Å²) in [4.78, 5) is 0. The molecular weight excluding hydrogens is 58.9 g/mol. The number of allylic oxidation sites excluding steroid dienone is 2. The standard InChI is InChI=1S/C4H7B/c1-2-3-4-5/h2-3H,4H2,1H3/b3-2+. The smallest absolute Gasteiger partial charge is 0.0708 e. The average Bonchev–Trinajstić information content (AvgIpc) is 1.41. The summed E-state index contributed by atoms with van der Waals surface area (Å²) in [5.41, 5.74) is 0. The maximum atomic E-state index is 5.05. The van der Waals surface area contributed by atoms with Gasteiger partial charge in [-0.1, -0.05) is 18.5 Å². The van der Waals surface area contributed by atoms with Gasteiger partial charge in [-0.3, -0.25) is 0 Å². The Labute approximate surface area is 34.3 Å². The zero-order chi connectivity index (χ0) is 4.12. The Morgan fingerprint density at radius 2 is 2.40 bits per heavy atom. The van der Waals surface area contributed by atoms with E-state index in [9.17, 15) is 0 Å². The molecule has 0 saturated carbocycles. The van der Waals surface area contributed by atoms with E-state index in [1.165, 1.54) is 0 Å². The van der Waals surface area contributed by atoms with E-state index in [-0.39, 0.29) is 0 Å². The number of hydrogen-bond acceptors (Lipinski definition) is 0. The molecule has 0 atom stereocenters. The molecule has 0 N–H and O–H groups in total. The van der Waals surface area contributed by atoms with Gasteiger partial charge in [-0.05, 0) is 6.92 Å². The Bertz CT molecular complexity index is 30.6.